The fourth-order valence-electron chi connectivity index (χ4n) is 2.50. The van der Waals surface area contributed by atoms with Crippen LogP contribution >= 0.6 is 11.6 Å². The highest BCUT2D eigenvalue weighted by atomic mass is 35.5. The van der Waals surface area contributed by atoms with Gasteiger partial charge in [-0.05, 0) is 36.2 Å². The normalized spacial score (nSPS) is 12.0. The molecule has 2 N–H and O–H groups in total. The molecule has 0 aliphatic carbocycles. The number of halogens is 1. The largest absolute Gasteiger partial charge is 0.394 e. The molecule has 2 aromatic heterocycles. The van der Waals surface area contributed by atoms with Crippen LogP contribution in [0.4, 0.5) is 5.82 Å². The first-order chi connectivity index (χ1) is 12.2. The molecule has 0 amide bonds. The van der Waals surface area contributed by atoms with Gasteiger partial charge in [0.2, 0.25) is 0 Å². The second kappa shape index (κ2) is 8.05. The van der Waals surface area contributed by atoms with Gasteiger partial charge in [0.15, 0.2) is 5.82 Å². The highest BCUT2D eigenvalue weighted by Crippen LogP contribution is 2.23. The van der Waals surface area contributed by atoms with E-state index in [-0.39, 0.29) is 12.6 Å². The summed E-state index contributed by atoms with van der Waals surface area (Å²) in [5.41, 5.74) is 2.51. The lowest BCUT2D eigenvalue weighted by atomic mass is 10.1. The molecule has 1 aromatic carbocycles. The van der Waals surface area contributed by atoms with Gasteiger partial charge in [-0.25, -0.2) is 9.97 Å². The number of aromatic nitrogens is 3. The predicted octanol–water partition coefficient (Wildman–Crippen LogP) is 3.90. The molecule has 0 saturated carbocycles. The van der Waals surface area contributed by atoms with Crippen molar-refractivity contribution in [2.75, 3.05) is 11.9 Å². The number of rotatable bonds is 6. The molecule has 0 aliphatic heterocycles. The van der Waals surface area contributed by atoms with Gasteiger partial charge in [-0.3, -0.25) is 4.98 Å². The maximum atomic E-state index is 9.78. The number of benzene rings is 1. The third kappa shape index (κ3) is 4.32. The summed E-state index contributed by atoms with van der Waals surface area (Å²) < 4.78 is 0. The first-order valence-electron chi connectivity index (χ1n) is 8.12. The third-order valence-electron chi connectivity index (χ3n) is 3.79. The molecule has 0 bridgehead atoms. The number of aliphatic hydroxyl groups excluding tert-OH is 1. The zero-order chi connectivity index (χ0) is 17.6. The first-order valence-corrected chi connectivity index (χ1v) is 8.49. The molecule has 2 heterocycles. The summed E-state index contributed by atoms with van der Waals surface area (Å²) in [6, 6.07) is 14.6. The van der Waals surface area contributed by atoms with E-state index in [0.717, 1.165) is 17.7 Å². The van der Waals surface area contributed by atoms with Crippen LogP contribution in [0.5, 0.6) is 0 Å². The quantitative estimate of drug-likeness (QED) is 0.702. The van der Waals surface area contributed by atoms with E-state index < -0.39 is 0 Å². The highest BCUT2D eigenvalue weighted by Gasteiger charge is 2.14. The van der Waals surface area contributed by atoms with Gasteiger partial charge in [0.25, 0.3) is 0 Å². The van der Waals surface area contributed by atoms with Crippen molar-refractivity contribution in [1.29, 1.82) is 0 Å². The third-order valence-corrected chi connectivity index (χ3v) is 4.03. The van der Waals surface area contributed by atoms with Gasteiger partial charge in [0.05, 0.1) is 12.6 Å². The molecule has 3 aromatic rings. The molecule has 0 radical (unpaired) electrons. The van der Waals surface area contributed by atoms with Crippen LogP contribution < -0.4 is 5.32 Å². The minimum absolute atomic E-state index is 0.0786. The summed E-state index contributed by atoms with van der Waals surface area (Å²) in [5.74, 6) is 1.21. The molecule has 0 saturated heterocycles. The van der Waals surface area contributed by atoms with Crippen LogP contribution in [0.3, 0.4) is 0 Å². The number of hydrogen-bond donors (Lipinski definition) is 2. The van der Waals surface area contributed by atoms with Crippen molar-refractivity contribution in [2.24, 2.45) is 0 Å². The monoisotopic (exact) mass is 354 g/mol. The summed E-state index contributed by atoms with van der Waals surface area (Å²) >= 11 is 6.06. The second-order valence-electron chi connectivity index (χ2n) is 5.57. The summed E-state index contributed by atoms with van der Waals surface area (Å²) in [7, 11) is 0. The zero-order valence-corrected chi connectivity index (χ0v) is 14.6. The van der Waals surface area contributed by atoms with Crippen LogP contribution in [-0.4, -0.2) is 26.7 Å². The number of hydrogen-bond acceptors (Lipinski definition) is 5. The van der Waals surface area contributed by atoms with Gasteiger partial charge in [0.1, 0.15) is 11.5 Å². The summed E-state index contributed by atoms with van der Waals surface area (Å²) in [6.45, 7) is 1.96. The standard InChI is InChI=1S/C19H19ClN4O/c1-2-15-11-18(24-19(22-15)16-8-3-4-9-21-16)23-17(12-25)13-6-5-7-14(20)10-13/h3-11,17,25H,2,12H2,1H3,(H,22,23,24). The van der Waals surface area contributed by atoms with Gasteiger partial charge < -0.3 is 10.4 Å². The fourth-order valence-corrected chi connectivity index (χ4v) is 2.70. The molecule has 128 valence electrons. The van der Waals surface area contributed by atoms with E-state index in [0.29, 0.717) is 22.4 Å². The van der Waals surface area contributed by atoms with E-state index >= 15 is 0 Å². The van der Waals surface area contributed by atoms with Crippen molar-refractivity contribution in [3.05, 3.63) is 71.0 Å². The van der Waals surface area contributed by atoms with Crippen LogP contribution in [-0.2, 0) is 6.42 Å². The van der Waals surface area contributed by atoms with Crippen molar-refractivity contribution in [1.82, 2.24) is 15.0 Å². The van der Waals surface area contributed by atoms with E-state index in [4.69, 9.17) is 11.6 Å². The van der Waals surface area contributed by atoms with Crippen molar-refractivity contribution < 1.29 is 5.11 Å². The van der Waals surface area contributed by atoms with Gasteiger partial charge in [-0.15, -0.1) is 0 Å². The minimum Gasteiger partial charge on any atom is -0.394 e. The fraction of sp³-hybridized carbons (Fsp3) is 0.211. The van der Waals surface area contributed by atoms with Gasteiger partial charge in [0, 0.05) is 23.0 Å². The number of nitrogens with zero attached hydrogens (tertiary/aromatic N) is 3. The number of aryl methyl sites for hydroxylation is 1. The number of pyridine rings is 1. The second-order valence-corrected chi connectivity index (χ2v) is 6.01. The number of aliphatic hydroxyl groups is 1. The lowest BCUT2D eigenvalue weighted by Gasteiger charge is -2.18. The van der Waals surface area contributed by atoms with Gasteiger partial charge in [-0.1, -0.05) is 36.7 Å². The zero-order valence-electron chi connectivity index (χ0n) is 13.9. The molecule has 1 atom stereocenters. The lowest BCUT2D eigenvalue weighted by Crippen LogP contribution is -2.16. The maximum absolute atomic E-state index is 9.78. The van der Waals surface area contributed by atoms with Crippen molar-refractivity contribution in [3.63, 3.8) is 0 Å². The molecular weight excluding hydrogens is 336 g/mol. The van der Waals surface area contributed by atoms with Crippen molar-refractivity contribution in [2.45, 2.75) is 19.4 Å². The molecule has 1 unspecified atom stereocenters. The Morgan fingerprint density at radius 3 is 2.68 bits per heavy atom. The minimum atomic E-state index is -0.310. The molecule has 0 spiro atoms. The summed E-state index contributed by atoms with van der Waals surface area (Å²) in [5, 5.41) is 13.7. The topological polar surface area (TPSA) is 70.9 Å². The van der Waals surface area contributed by atoms with Crippen LogP contribution in [0, 0.1) is 0 Å². The number of anilines is 1. The molecule has 3 rings (SSSR count). The average Bonchev–Trinajstić information content (AvgIpc) is 2.66. The Hall–Kier alpha value is -2.50. The Morgan fingerprint density at radius 1 is 1.12 bits per heavy atom. The predicted molar refractivity (Wildman–Crippen MR) is 99.5 cm³/mol. The van der Waals surface area contributed by atoms with Crippen LogP contribution in [0.2, 0.25) is 5.02 Å². The Labute approximate surface area is 151 Å². The van der Waals surface area contributed by atoms with E-state index in [1.54, 1.807) is 12.3 Å². The lowest BCUT2D eigenvalue weighted by molar-refractivity contribution is 0.276. The molecule has 25 heavy (non-hydrogen) atoms. The highest BCUT2D eigenvalue weighted by molar-refractivity contribution is 6.30. The average molecular weight is 355 g/mol. The maximum Gasteiger partial charge on any atom is 0.180 e. The van der Waals surface area contributed by atoms with E-state index in [1.807, 2.05) is 49.4 Å². The molecule has 0 aliphatic rings. The van der Waals surface area contributed by atoms with E-state index in [2.05, 4.69) is 20.3 Å². The van der Waals surface area contributed by atoms with Crippen molar-refractivity contribution in [3.8, 4) is 11.5 Å². The Kier molecular flexibility index (Phi) is 5.58. The first kappa shape index (κ1) is 17.3. The molecular formula is C19H19ClN4O. The van der Waals surface area contributed by atoms with Crippen LogP contribution in [0.25, 0.3) is 11.5 Å². The SMILES string of the molecule is CCc1cc(NC(CO)c2cccc(Cl)c2)nc(-c2ccccn2)n1. The van der Waals surface area contributed by atoms with Gasteiger partial charge in [-0.2, -0.15) is 0 Å². The summed E-state index contributed by atoms with van der Waals surface area (Å²) in [4.78, 5) is 13.4. The number of nitrogens with one attached hydrogen (secondary N) is 1. The van der Waals surface area contributed by atoms with Crippen molar-refractivity contribution >= 4 is 17.4 Å². The van der Waals surface area contributed by atoms with Crippen LogP contribution in [0.15, 0.2) is 54.7 Å². The van der Waals surface area contributed by atoms with Gasteiger partial charge >= 0.3 is 0 Å². The Morgan fingerprint density at radius 2 is 2.00 bits per heavy atom. The van der Waals surface area contributed by atoms with Crippen LogP contribution in [0.1, 0.15) is 24.2 Å². The van der Waals surface area contributed by atoms with E-state index in [1.165, 1.54) is 0 Å². The summed E-state index contributed by atoms with van der Waals surface area (Å²) in [6.07, 6.45) is 2.49. The Bertz CT molecular complexity index is 842. The molecule has 6 heteroatoms. The Balaban J connectivity index is 1.93. The van der Waals surface area contributed by atoms with E-state index in [9.17, 15) is 5.11 Å². The molecule has 0 fully saturated rings. The smallest absolute Gasteiger partial charge is 0.180 e. The molecule has 5 nitrogen and oxygen atoms in total.